The first-order chi connectivity index (χ1) is 11.7. The van der Waals surface area contributed by atoms with Gasteiger partial charge in [-0.05, 0) is 25.0 Å². The molecule has 2 aromatic rings. The maximum atomic E-state index is 12.2. The summed E-state index contributed by atoms with van der Waals surface area (Å²) in [5.74, 6) is 1.77. The van der Waals surface area contributed by atoms with E-state index in [1.807, 2.05) is 17.0 Å². The van der Waals surface area contributed by atoms with Crippen LogP contribution in [-0.2, 0) is 0 Å². The third-order valence-corrected chi connectivity index (χ3v) is 3.92. The molecule has 0 unspecified atom stereocenters. The van der Waals surface area contributed by atoms with Crippen molar-refractivity contribution in [2.75, 3.05) is 32.6 Å². The highest BCUT2D eigenvalue weighted by Crippen LogP contribution is 2.30. The lowest BCUT2D eigenvalue weighted by atomic mass is 10.2. The Balaban J connectivity index is 1.71. The Morgan fingerprint density at radius 1 is 1.08 bits per heavy atom. The number of nitrogens with one attached hydrogen (secondary N) is 1. The van der Waals surface area contributed by atoms with E-state index in [1.165, 1.54) is 6.20 Å². The van der Waals surface area contributed by atoms with Crippen LogP contribution in [0.3, 0.4) is 0 Å². The first kappa shape index (κ1) is 16.0. The number of carbonyl (C=O) groups is 1. The van der Waals surface area contributed by atoms with Crippen LogP contribution in [0.5, 0.6) is 11.5 Å². The molecule has 1 amide bonds. The highest BCUT2D eigenvalue weighted by Gasteiger charge is 2.20. The summed E-state index contributed by atoms with van der Waals surface area (Å²) in [6, 6.07) is 5.47. The van der Waals surface area contributed by atoms with Crippen LogP contribution in [0.4, 0.5) is 11.5 Å². The number of ether oxygens (including phenoxy) is 2. The number of anilines is 2. The van der Waals surface area contributed by atoms with Crippen molar-refractivity contribution in [2.45, 2.75) is 12.8 Å². The molecule has 0 atom stereocenters. The molecule has 1 aliphatic heterocycles. The monoisotopic (exact) mass is 328 g/mol. The minimum absolute atomic E-state index is 0.0577. The van der Waals surface area contributed by atoms with Gasteiger partial charge >= 0.3 is 0 Å². The molecular formula is C17H20N4O3. The summed E-state index contributed by atoms with van der Waals surface area (Å²) in [5, 5.41) is 3.13. The zero-order valence-corrected chi connectivity index (χ0v) is 13.8. The second-order valence-corrected chi connectivity index (χ2v) is 5.48. The molecule has 0 saturated carbocycles. The molecule has 126 valence electrons. The zero-order valence-electron chi connectivity index (χ0n) is 13.8. The number of hydrogen-bond acceptors (Lipinski definition) is 6. The lowest BCUT2D eigenvalue weighted by Crippen LogP contribution is -2.28. The van der Waals surface area contributed by atoms with Gasteiger partial charge in [-0.1, -0.05) is 0 Å². The Morgan fingerprint density at radius 3 is 2.46 bits per heavy atom. The molecular weight excluding hydrogens is 308 g/mol. The van der Waals surface area contributed by atoms with Gasteiger partial charge in [-0.2, -0.15) is 0 Å². The summed E-state index contributed by atoms with van der Waals surface area (Å²) in [7, 11) is 3.17. The van der Waals surface area contributed by atoms with Gasteiger partial charge in [0.25, 0.3) is 5.91 Å². The Hall–Kier alpha value is -2.83. The highest BCUT2D eigenvalue weighted by molar-refractivity contribution is 5.92. The van der Waals surface area contributed by atoms with Crippen molar-refractivity contribution in [1.29, 1.82) is 0 Å². The van der Waals surface area contributed by atoms with E-state index in [0.717, 1.165) is 31.6 Å². The quantitative estimate of drug-likeness (QED) is 0.908. The molecule has 1 aliphatic rings. The van der Waals surface area contributed by atoms with Crippen LogP contribution in [0.15, 0.2) is 30.6 Å². The smallest absolute Gasteiger partial charge is 0.274 e. The molecule has 1 fully saturated rings. The van der Waals surface area contributed by atoms with Gasteiger partial charge in [0.1, 0.15) is 11.5 Å². The van der Waals surface area contributed by atoms with Crippen LogP contribution in [0.25, 0.3) is 0 Å². The first-order valence-electron chi connectivity index (χ1n) is 7.81. The second-order valence-electron chi connectivity index (χ2n) is 5.48. The number of methoxy groups -OCH3 is 2. The van der Waals surface area contributed by atoms with E-state index in [4.69, 9.17) is 9.47 Å². The van der Waals surface area contributed by atoms with Crippen LogP contribution in [0.1, 0.15) is 23.3 Å². The second kappa shape index (κ2) is 7.16. The van der Waals surface area contributed by atoms with E-state index in [0.29, 0.717) is 23.0 Å². The molecule has 1 aromatic carbocycles. The van der Waals surface area contributed by atoms with Crippen molar-refractivity contribution in [1.82, 2.24) is 14.9 Å². The van der Waals surface area contributed by atoms with Crippen LogP contribution in [-0.4, -0.2) is 48.1 Å². The molecule has 1 aromatic heterocycles. The van der Waals surface area contributed by atoms with Gasteiger partial charge in [-0.25, -0.2) is 9.97 Å². The Bertz CT molecular complexity index is 712. The van der Waals surface area contributed by atoms with Crippen LogP contribution in [0, 0.1) is 0 Å². The fourth-order valence-electron chi connectivity index (χ4n) is 2.65. The lowest BCUT2D eigenvalue weighted by Gasteiger charge is -2.14. The molecule has 0 radical (unpaired) electrons. The van der Waals surface area contributed by atoms with Gasteiger partial charge in [0, 0.05) is 24.8 Å². The van der Waals surface area contributed by atoms with Gasteiger partial charge in [0.2, 0.25) is 0 Å². The fourth-order valence-corrected chi connectivity index (χ4v) is 2.65. The predicted molar refractivity (Wildman–Crippen MR) is 90.0 cm³/mol. The molecule has 0 spiro atoms. The first-order valence-corrected chi connectivity index (χ1v) is 7.81. The van der Waals surface area contributed by atoms with Crippen LogP contribution < -0.4 is 14.8 Å². The molecule has 3 rings (SSSR count). The number of carbonyl (C=O) groups excluding carboxylic acids is 1. The minimum Gasteiger partial charge on any atom is -0.493 e. The van der Waals surface area contributed by atoms with Gasteiger partial charge < -0.3 is 19.7 Å². The van der Waals surface area contributed by atoms with Gasteiger partial charge in [0.05, 0.1) is 26.6 Å². The van der Waals surface area contributed by atoms with Crippen LogP contribution in [0.2, 0.25) is 0 Å². The molecule has 7 heteroatoms. The van der Waals surface area contributed by atoms with E-state index in [9.17, 15) is 4.79 Å². The molecule has 7 nitrogen and oxygen atoms in total. The van der Waals surface area contributed by atoms with Crippen molar-refractivity contribution in [2.24, 2.45) is 0 Å². The van der Waals surface area contributed by atoms with Crippen LogP contribution >= 0.6 is 0 Å². The van der Waals surface area contributed by atoms with E-state index in [2.05, 4.69) is 15.3 Å². The van der Waals surface area contributed by atoms with Gasteiger partial charge in [-0.3, -0.25) is 4.79 Å². The predicted octanol–water partition coefficient (Wildman–Crippen LogP) is 2.47. The summed E-state index contributed by atoms with van der Waals surface area (Å²) in [6.07, 6.45) is 5.17. The summed E-state index contributed by atoms with van der Waals surface area (Å²) < 4.78 is 10.5. The Kier molecular flexibility index (Phi) is 4.79. The Labute approximate surface area is 140 Å². The average molecular weight is 328 g/mol. The van der Waals surface area contributed by atoms with Crippen molar-refractivity contribution >= 4 is 17.4 Å². The number of rotatable bonds is 5. The third kappa shape index (κ3) is 3.40. The molecule has 0 bridgehead atoms. The number of likely N-dealkylation sites (tertiary alicyclic amines) is 1. The topological polar surface area (TPSA) is 76.6 Å². The summed E-state index contributed by atoms with van der Waals surface area (Å²) in [4.78, 5) is 22.5. The summed E-state index contributed by atoms with van der Waals surface area (Å²) in [6.45, 7) is 1.60. The van der Waals surface area contributed by atoms with E-state index in [1.54, 1.807) is 26.5 Å². The maximum absolute atomic E-state index is 12.2. The average Bonchev–Trinajstić information content (AvgIpc) is 3.16. The van der Waals surface area contributed by atoms with Crippen molar-refractivity contribution in [3.63, 3.8) is 0 Å². The molecule has 2 heterocycles. The van der Waals surface area contributed by atoms with E-state index < -0.39 is 0 Å². The molecule has 1 saturated heterocycles. The highest BCUT2D eigenvalue weighted by atomic mass is 16.5. The Morgan fingerprint density at radius 2 is 1.83 bits per heavy atom. The number of aromatic nitrogens is 2. The number of benzene rings is 1. The number of hydrogen-bond donors (Lipinski definition) is 1. The van der Waals surface area contributed by atoms with Gasteiger partial charge in [0.15, 0.2) is 11.5 Å². The summed E-state index contributed by atoms with van der Waals surface area (Å²) >= 11 is 0. The maximum Gasteiger partial charge on any atom is 0.274 e. The molecule has 24 heavy (non-hydrogen) atoms. The molecule has 0 aliphatic carbocycles. The SMILES string of the molecule is COc1ccc(Nc2cnc(C(=O)N3CCCC3)cn2)cc1OC. The van der Waals surface area contributed by atoms with Crippen molar-refractivity contribution in [3.8, 4) is 11.5 Å². The third-order valence-electron chi connectivity index (χ3n) is 3.92. The summed E-state index contributed by atoms with van der Waals surface area (Å²) in [5.41, 5.74) is 1.16. The number of nitrogens with zero attached hydrogens (tertiary/aromatic N) is 3. The zero-order chi connectivity index (χ0) is 16.9. The molecule has 1 N–H and O–H groups in total. The largest absolute Gasteiger partial charge is 0.493 e. The normalized spacial score (nSPS) is 13.7. The lowest BCUT2D eigenvalue weighted by molar-refractivity contribution is 0.0786. The number of amides is 1. The van der Waals surface area contributed by atoms with Crippen molar-refractivity contribution in [3.05, 3.63) is 36.3 Å². The standard InChI is InChI=1S/C17H20N4O3/c1-23-14-6-5-12(9-15(14)24-2)20-16-11-18-13(10-19-16)17(22)21-7-3-4-8-21/h5-6,9-11H,3-4,7-8H2,1-2H3,(H,19,20). The fraction of sp³-hybridized carbons (Fsp3) is 0.353. The van der Waals surface area contributed by atoms with Crippen molar-refractivity contribution < 1.29 is 14.3 Å². The van der Waals surface area contributed by atoms with E-state index >= 15 is 0 Å². The van der Waals surface area contributed by atoms with Gasteiger partial charge in [-0.15, -0.1) is 0 Å². The van der Waals surface area contributed by atoms with E-state index in [-0.39, 0.29) is 5.91 Å². The minimum atomic E-state index is -0.0577.